The van der Waals surface area contributed by atoms with Gasteiger partial charge in [0.15, 0.2) is 5.82 Å². The topological polar surface area (TPSA) is 145 Å². The highest BCUT2D eigenvalue weighted by Gasteiger charge is 2.47. The summed E-state index contributed by atoms with van der Waals surface area (Å²) >= 11 is 1.26. The fourth-order valence-corrected chi connectivity index (χ4v) is 4.16. The summed E-state index contributed by atoms with van der Waals surface area (Å²) in [5.41, 5.74) is 1.67. The molecular weight excluding hydrogens is 458 g/mol. The van der Waals surface area contributed by atoms with E-state index in [4.69, 9.17) is 5.26 Å². The van der Waals surface area contributed by atoms with Crippen molar-refractivity contribution in [2.75, 3.05) is 13.1 Å². The van der Waals surface area contributed by atoms with Gasteiger partial charge in [-0.2, -0.15) is 5.26 Å². The van der Waals surface area contributed by atoms with Gasteiger partial charge in [-0.25, -0.2) is 18.6 Å². The molecule has 13 heteroatoms. The molecule has 0 bridgehead atoms. The van der Waals surface area contributed by atoms with Crippen LogP contribution in [0.25, 0.3) is 11.4 Å². The summed E-state index contributed by atoms with van der Waals surface area (Å²) in [6, 6.07) is 7.62. The molecule has 1 atom stereocenters. The van der Waals surface area contributed by atoms with Crippen LogP contribution in [-0.2, 0) is 11.2 Å². The van der Waals surface area contributed by atoms with Crippen LogP contribution in [0.1, 0.15) is 27.5 Å². The van der Waals surface area contributed by atoms with E-state index in [1.807, 2.05) is 12.1 Å². The number of amides is 2. The van der Waals surface area contributed by atoms with Crippen LogP contribution in [0.5, 0.6) is 0 Å². The zero-order chi connectivity index (χ0) is 23.6. The van der Waals surface area contributed by atoms with Gasteiger partial charge >= 0.3 is 5.76 Å². The molecule has 2 aromatic heterocycles. The first-order chi connectivity index (χ1) is 15.7. The number of nitrogens with one attached hydrogen (secondary N) is 2. The molecule has 1 fully saturated rings. The van der Waals surface area contributed by atoms with Gasteiger partial charge in [0.25, 0.3) is 11.8 Å². The van der Waals surface area contributed by atoms with Gasteiger partial charge in [0.1, 0.15) is 11.7 Å². The predicted molar refractivity (Wildman–Crippen MR) is 110 cm³/mol. The van der Waals surface area contributed by atoms with E-state index in [1.165, 1.54) is 16.7 Å². The van der Waals surface area contributed by atoms with Gasteiger partial charge in [-0.3, -0.25) is 19.1 Å². The van der Waals surface area contributed by atoms with Crippen molar-refractivity contribution in [2.24, 2.45) is 0 Å². The number of hydrogen-bond donors (Lipinski definition) is 2. The zero-order valence-corrected chi connectivity index (χ0v) is 17.7. The van der Waals surface area contributed by atoms with Gasteiger partial charge in [-0.15, -0.1) is 11.3 Å². The first-order valence-electron chi connectivity index (χ1n) is 9.69. The van der Waals surface area contributed by atoms with E-state index >= 15 is 0 Å². The number of H-pyrrole nitrogens is 1. The minimum atomic E-state index is -3.12. The Bertz CT molecular complexity index is 1280. The number of hydrogen-bond acceptors (Lipinski definition) is 8. The molecule has 0 aliphatic carbocycles. The quantitative estimate of drug-likeness (QED) is 0.552. The number of rotatable bonds is 6. The summed E-state index contributed by atoms with van der Waals surface area (Å²) < 4.78 is 31.4. The van der Waals surface area contributed by atoms with E-state index < -0.39 is 49.0 Å². The Morgan fingerprint density at radius 3 is 2.79 bits per heavy atom. The van der Waals surface area contributed by atoms with E-state index in [9.17, 15) is 23.2 Å². The van der Waals surface area contributed by atoms with Crippen LogP contribution >= 0.6 is 11.3 Å². The number of aromatic amines is 1. The number of carbonyl (C=O) groups excluding carboxylic acids is 2. The first kappa shape index (κ1) is 22.3. The second kappa shape index (κ2) is 8.91. The van der Waals surface area contributed by atoms with Gasteiger partial charge < -0.3 is 10.2 Å². The standard InChI is InChI=1S/C20H16F2N6O4S/c21-20(22)6-13(7-23)28(10-20)16(29)8-24-18(30)14-9-33-15(25-14)5-11-1-3-12(4-2-11)17-26-19(31)32-27-17/h1-4,9,13H,5-6,8,10H2,(H,24,30)(H,26,27,31)/t13-/m0/s1. The number of aromatic nitrogens is 3. The smallest absolute Gasteiger partial charge is 0.342 e. The second-order valence-electron chi connectivity index (χ2n) is 7.35. The summed E-state index contributed by atoms with van der Waals surface area (Å²) in [6.07, 6.45) is -0.269. The van der Waals surface area contributed by atoms with Crippen molar-refractivity contribution >= 4 is 23.2 Å². The van der Waals surface area contributed by atoms with Crippen LogP contribution in [-0.4, -0.2) is 56.9 Å². The number of halogens is 2. The minimum Gasteiger partial charge on any atom is -0.342 e. The number of nitriles is 1. The molecule has 170 valence electrons. The Balaban J connectivity index is 1.32. The fourth-order valence-electron chi connectivity index (χ4n) is 3.35. The van der Waals surface area contributed by atoms with Gasteiger partial charge in [-0.1, -0.05) is 29.4 Å². The lowest BCUT2D eigenvalue weighted by Crippen LogP contribution is -2.43. The molecule has 10 nitrogen and oxygen atoms in total. The van der Waals surface area contributed by atoms with Gasteiger partial charge in [-0.05, 0) is 5.56 Å². The third kappa shape index (κ3) is 5.12. The SMILES string of the molecule is N#C[C@@H]1CC(F)(F)CN1C(=O)CNC(=O)c1csc(Cc2ccc(-c3noc(=O)[nH]3)cc2)n1. The van der Waals surface area contributed by atoms with Gasteiger partial charge in [0, 0.05) is 23.8 Å². The summed E-state index contributed by atoms with van der Waals surface area (Å²) in [4.78, 5) is 43.0. The van der Waals surface area contributed by atoms with Crippen molar-refractivity contribution < 1.29 is 22.9 Å². The van der Waals surface area contributed by atoms with Crippen molar-refractivity contribution in [3.63, 3.8) is 0 Å². The van der Waals surface area contributed by atoms with Crippen LogP contribution in [0.4, 0.5) is 8.78 Å². The lowest BCUT2D eigenvalue weighted by Gasteiger charge is -2.19. The highest BCUT2D eigenvalue weighted by Crippen LogP contribution is 2.31. The van der Waals surface area contributed by atoms with E-state index in [0.29, 0.717) is 22.8 Å². The summed E-state index contributed by atoms with van der Waals surface area (Å²) in [6.45, 7) is -1.35. The number of carbonyl (C=O) groups is 2. The summed E-state index contributed by atoms with van der Waals surface area (Å²) in [7, 11) is 0. The zero-order valence-electron chi connectivity index (χ0n) is 16.9. The number of benzene rings is 1. The number of nitrogens with zero attached hydrogens (tertiary/aromatic N) is 4. The third-order valence-electron chi connectivity index (χ3n) is 4.95. The van der Waals surface area contributed by atoms with Gasteiger partial charge in [0.05, 0.1) is 24.2 Å². The van der Waals surface area contributed by atoms with Crippen LogP contribution in [0.15, 0.2) is 39.0 Å². The average Bonchev–Trinajstić information content (AvgIpc) is 3.51. The molecule has 33 heavy (non-hydrogen) atoms. The minimum absolute atomic E-state index is 0.100. The Morgan fingerprint density at radius 2 is 2.12 bits per heavy atom. The second-order valence-corrected chi connectivity index (χ2v) is 8.30. The van der Waals surface area contributed by atoms with E-state index in [0.717, 1.165) is 10.5 Å². The molecule has 0 radical (unpaired) electrons. The van der Waals surface area contributed by atoms with E-state index in [2.05, 4.69) is 25.0 Å². The molecule has 0 spiro atoms. The summed E-state index contributed by atoms with van der Waals surface area (Å²) in [5.74, 6) is -4.82. The average molecular weight is 474 g/mol. The van der Waals surface area contributed by atoms with Gasteiger partial charge in [0.2, 0.25) is 5.91 Å². The van der Waals surface area contributed by atoms with Crippen molar-refractivity contribution in [1.29, 1.82) is 5.26 Å². The van der Waals surface area contributed by atoms with E-state index in [-0.39, 0.29) is 5.69 Å². The molecule has 1 aliphatic heterocycles. The predicted octanol–water partition coefficient (Wildman–Crippen LogP) is 1.57. The number of likely N-dealkylation sites (tertiary alicyclic amines) is 1. The maximum atomic E-state index is 13.5. The molecule has 4 rings (SSSR count). The van der Waals surface area contributed by atoms with Crippen LogP contribution in [0, 0.1) is 11.3 Å². The highest BCUT2D eigenvalue weighted by molar-refractivity contribution is 7.09. The van der Waals surface area contributed by atoms with Crippen LogP contribution < -0.4 is 11.1 Å². The lowest BCUT2D eigenvalue weighted by atomic mass is 10.1. The molecule has 1 aromatic carbocycles. The molecule has 0 unspecified atom stereocenters. The highest BCUT2D eigenvalue weighted by atomic mass is 32.1. The number of thiazole rings is 1. The molecule has 1 saturated heterocycles. The fraction of sp³-hybridized carbons (Fsp3) is 0.300. The van der Waals surface area contributed by atoms with Crippen LogP contribution in [0.3, 0.4) is 0 Å². The van der Waals surface area contributed by atoms with Crippen molar-refractivity contribution in [2.45, 2.75) is 24.8 Å². The maximum absolute atomic E-state index is 13.5. The first-order valence-corrected chi connectivity index (χ1v) is 10.6. The molecule has 0 saturated carbocycles. The summed E-state index contributed by atoms with van der Waals surface area (Å²) in [5, 5.41) is 17.1. The molecular formula is C20H16F2N6O4S. The Hall–Kier alpha value is -3.92. The molecule has 1 aliphatic rings. The van der Waals surface area contributed by atoms with Crippen molar-refractivity contribution in [3.8, 4) is 17.5 Å². The third-order valence-corrected chi connectivity index (χ3v) is 5.80. The molecule has 2 amide bonds. The lowest BCUT2D eigenvalue weighted by molar-refractivity contribution is -0.131. The molecule has 3 heterocycles. The molecule has 2 N–H and O–H groups in total. The Labute approximate surface area is 188 Å². The van der Waals surface area contributed by atoms with Crippen molar-refractivity contribution in [1.82, 2.24) is 25.3 Å². The van der Waals surface area contributed by atoms with E-state index in [1.54, 1.807) is 18.2 Å². The largest absolute Gasteiger partial charge is 0.439 e. The molecule has 3 aromatic rings. The Kier molecular flexibility index (Phi) is 6.01. The number of alkyl halides is 2. The Morgan fingerprint density at radius 1 is 1.36 bits per heavy atom. The maximum Gasteiger partial charge on any atom is 0.439 e. The monoisotopic (exact) mass is 474 g/mol. The van der Waals surface area contributed by atoms with Crippen molar-refractivity contribution in [3.05, 3.63) is 56.5 Å². The normalized spacial score (nSPS) is 17.0. The van der Waals surface area contributed by atoms with Crippen LogP contribution in [0.2, 0.25) is 0 Å².